The Labute approximate surface area is 105 Å². The third kappa shape index (κ3) is 5.90. The van der Waals surface area contributed by atoms with Gasteiger partial charge in [0, 0.05) is 12.0 Å². The van der Waals surface area contributed by atoms with Crippen LogP contribution in [0.5, 0.6) is 0 Å². The summed E-state index contributed by atoms with van der Waals surface area (Å²) in [6.45, 7) is 4.19. The van der Waals surface area contributed by atoms with Crippen LogP contribution in [0.3, 0.4) is 0 Å². The van der Waals surface area contributed by atoms with Gasteiger partial charge in [-0.05, 0) is 19.8 Å². The summed E-state index contributed by atoms with van der Waals surface area (Å²) in [7, 11) is 0. The van der Waals surface area contributed by atoms with Crippen LogP contribution in [-0.2, 0) is 9.53 Å². The lowest BCUT2D eigenvalue weighted by Crippen LogP contribution is -1.99. The van der Waals surface area contributed by atoms with Gasteiger partial charge in [-0.1, -0.05) is 51.5 Å². The quantitative estimate of drug-likeness (QED) is 0.356. The third-order valence-corrected chi connectivity index (χ3v) is 3.28. The minimum atomic E-state index is -0.0968. The van der Waals surface area contributed by atoms with Crippen LogP contribution in [0.4, 0.5) is 0 Å². The molecular weight excluding hydrogens is 212 g/mol. The average molecular weight is 238 g/mol. The second kappa shape index (κ2) is 8.32. The maximum Gasteiger partial charge on any atom is 0.334 e. The van der Waals surface area contributed by atoms with Crippen LogP contribution in [0, 0.1) is 0 Å². The molecule has 2 heteroatoms. The van der Waals surface area contributed by atoms with Gasteiger partial charge in [0.15, 0.2) is 0 Å². The van der Waals surface area contributed by atoms with Crippen LogP contribution in [0.2, 0.25) is 0 Å². The van der Waals surface area contributed by atoms with Crippen LogP contribution in [0.1, 0.15) is 71.6 Å². The number of esters is 1. The smallest absolute Gasteiger partial charge is 0.334 e. The predicted octanol–water partition coefficient (Wildman–Crippen LogP) is 4.39. The summed E-state index contributed by atoms with van der Waals surface area (Å²) in [5.74, 6) is -0.0968. The van der Waals surface area contributed by atoms with Crippen molar-refractivity contribution in [3.8, 4) is 0 Å². The van der Waals surface area contributed by atoms with Crippen LogP contribution < -0.4 is 0 Å². The van der Waals surface area contributed by atoms with Crippen LogP contribution >= 0.6 is 0 Å². The molecule has 1 fully saturated rings. The number of hydrogen-bond acceptors (Lipinski definition) is 2. The Morgan fingerprint density at radius 1 is 1.18 bits per heavy atom. The van der Waals surface area contributed by atoms with E-state index in [0.717, 1.165) is 18.4 Å². The molecule has 1 rings (SSSR count). The molecule has 0 amide bonds. The second-order valence-corrected chi connectivity index (χ2v) is 5.06. The summed E-state index contributed by atoms with van der Waals surface area (Å²) in [6.07, 6.45) is 13.3. The van der Waals surface area contributed by atoms with E-state index in [0.29, 0.717) is 0 Å². The van der Waals surface area contributed by atoms with Crippen molar-refractivity contribution < 1.29 is 9.53 Å². The molecule has 0 aromatic heterocycles. The summed E-state index contributed by atoms with van der Waals surface area (Å²) in [5, 5.41) is 0. The number of carbonyl (C=O) groups is 1. The number of unbranched alkanes of at least 4 members (excludes halogenated alkanes) is 7. The average Bonchev–Trinajstić information content (AvgIpc) is 2.61. The van der Waals surface area contributed by atoms with Gasteiger partial charge >= 0.3 is 5.97 Å². The highest BCUT2D eigenvalue weighted by molar-refractivity contribution is 5.90. The highest BCUT2D eigenvalue weighted by Crippen LogP contribution is 2.20. The Morgan fingerprint density at radius 2 is 1.82 bits per heavy atom. The molecule has 1 atom stereocenters. The molecule has 0 aromatic rings. The van der Waals surface area contributed by atoms with Crippen molar-refractivity contribution >= 4 is 5.97 Å². The van der Waals surface area contributed by atoms with E-state index in [1.54, 1.807) is 0 Å². The van der Waals surface area contributed by atoms with E-state index in [4.69, 9.17) is 4.74 Å². The van der Waals surface area contributed by atoms with Crippen molar-refractivity contribution in [3.05, 3.63) is 11.6 Å². The number of ether oxygens (including phenoxy) is 1. The molecule has 98 valence electrons. The normalized spacial score (nSPS) is 22.1. The summed E-state index contributed by atoms with van der Waals surface area (Å²) in [6, 6.07) is 0. The molecule has 1 aliphatic heterocycles. The van der Waals surface area contributed by atoms with Gasteiger partial charge in [-0.25, -0.2) is 4.79 Å². The fraction of sp³-hybridized carbons (Fsp3) is 0.800. The number of carbonyl (C=O) groups excluding carboxylic acids is 1. The molecule has 1 unspecified atom stereocenters. The van der Waals surface area contributed by atoms with Gasteiger partial charge in [0.2, 0.25) is 0 Å². The predicted molar refractivity (Wildman–Crippen MR) is 70.9 cm³/mol. The first kappa shape index (κ1) is 14.3. The van der Waals surface area contributed by atoms with Crippen molar-refractivity contribution in [3.63, 3.8) is 0 Å². The molecule has 2 nitrogen and oxygen atoms in total. The van der Waals surface area contributed by atoms with Crippen molar-refractivity contribution in [1.29, 1.82) is 0 Å². The van der Waals surface area contributed by atoms with E-state index in [1.165, 1.54) is 44.9 Å². The van der Waals surface area contributed by atoms with Crippen LogP contribution in [0.25, 0.3) is 0 Å². The molecule has 0 N–H and O–H groups in total. The summed E-state index contributed by atoms with van der Waals surface area (Å²) >= 11 is 0. The zero-order chi connectivity index (χ0) is 12.5. The number of allylic oxidation sites excluding steroid dienone is 1. The van der Waals surface area contributed by atoms with Crippen LogP contribution in [0.15, 0.2) is 11.6 Å². The summed E-state index contributed by atoms with van der Waals surface area (Å²) < 4.78 is 5.09. The topological polar surface area (TPSA) is 26.3 Å². The minimum Gasteiger partial charge on any atom is -0.459 e. The van der Waals surface area contributed by atoms with E-state index >= 15 is 0 Å². The van der Waals surface area contributed by atoms with E-state index in [9.17, 15) is 4.79 Å². The fourth-order valence-electron chi connectivity index (χ4n) is 2.24. The van der Waals surface area contributed by atoms with Gasteiger partial charge in [0.1, 0.15) is 6.10 Å². The zero-order valence-corrected chi connectivity index (χ0v) is 11.3. The Morgan fingerprint density at radius 3 is 2.41 bits per heavy atom. The Hall–Kier alpha value is -0.790. The highest BCUT2D eigenvalue weighted by atomic mass is 16.5. The van der Waals surface area contributed by atoms with Gasteiger partial charge in [-0.3, -0.25) is 0 Å². The van der Waals surface area contributed by atoms with Crippen molar-refractivity contribution in [2.24, 2.45) is 0 Å². The SMILES string of the molecule is CCCCCCCCC/C=C1/CC(C)OC1=O. The maximum absolute atomic E-state index is 11.3. The monoisotopic (exact) mass is 238 g/mol. The minimum absolute atomic E-state index is 0.0859. The third-order valence-electron chi connectivity index (χ3n) is 3.28. The fourth-order valence-corrected chi connectivity index (χ4v) is 2.24. The Balaban J connectivity index is 2.00. The molecule has 0 bridgehead atoms. The van der Waals surface area contributed by atoms with Crippen LogP contribution in [-0.4, -0.2) is 12.1 Å². The molecule has 0 saturated carbocycles. The molecule has 1 heterocycles. The lowest BCUT2D eigenvalue weighted by atomic mass is 10.1. The largest absolute Gasteiger partial charge is 0.459 e. The Kier molecular flexibility index (Phi) is 6.99. The molecule has 1 saturated heterocycles. The van der Waals surface area contributed by atoms with Gasteiger partial charge < -0.3 is 4.74 Å². The second-order valence-electron chi connectivity index (χ2n) is 5.06. The first-order chi connectivity index (χ1) is 8.24. The molecule has 0 aliphatic carbocycles. The maximum atomic E-state index is 11.3. The Bertz CT molecular complexity index is 256. The first-order valence-electron chi connectivity index (χ1n) is 7.14. The van der Waals surface area contributed by atoms with Gasteiger partial charge in [0.05, 0.1) is 0 Å². The van der Waals surface area contributed by atoms with E-state index in [2.05, 4.69) is 13.0 Å². The van der Waals surface area contributed by atoms with Gasteiger partial charge in [0.25, 0.3) is 0 Å². The van der Waals surface area contributed by atoms with Gasteiger partial charge in [-0.2, -0.15) is 0 Å². The van der Waals surface area contributed by atoms with Crippen molar-refractivity contribution in [1.82, 2.24) is 0 Å². The van der Waals surface area contributed by atoms with Gasteiger partial charge in [-0.15, -0.1) is 0 Å². The van der Waals surface area contributed by atoms with E-state index in [-0.39, 0.29) is 12.1 Å². The first-order valence-corrected chi connectivity index (χ1v) is 7.14. The standard InChI is InChI=1S/C15H26O2/c1-3-4-5-6-7-8-9-10-11-14-12-13(2)17-15(14)16/h11,13H,3-10,12H2,1-2H3/b14-11-. The molecule has 1 aliphatic rings. The lowest BCUT2D eigenvalue weighted by Gasteiger charge is -1.99. The van der Waals surface area contributed by atoms with Crippen molar-refractivity contribution in [2.75, 3.05) is 0 Å². The van der Waals surface area contributed by atoms with E-state index in [1.807, 2.05) is 6.92 Å². The van der Waals surface area contributed by atoms with Crippen molar-refractivity contribution in [2.45, 2.75) is 77.7 Å². The lowest BCUT2D eigenvalue weighted by molar-refractivity contribution is -0.138. The highest BCUT2D eigenvalue weighted by Gasteiger charge is 2.24. The number of hydrogen-bond donors (Lipinski definition) is 0. The van der Waals surface area contributed by atoms with E-state index < -0.39 is 0 Å². The number of rotatable bonds is 8. The molecule has 17 heavy (non-hydrogen) atoms. The molecule has 0 spiro atoms. The zero-order valence-electron chi connectivity index (χ0n) is 11.3. The molecular formula is C15H26O2. The molecule has 0 aromatic carbocycles. The summed E-state index contributed by atoms with van der Waals surface area (Å²) in [4.78, 5) is 11.3. The summed E-state index contributed by atoms with van der Waals surface area (Å²) in [5.41, 5.74) is 0.892. The molecule has 0 radical (unpaired) electrons. The number of cyclic esters (lactones) is 1.